The number of benzene rings is 1. The maximum absolute atomic E-state index is 13.9. The van der Waals surface area contributed by atoms with Crippen molar-refractivity contribution in [3.05, 3.63) is 51.4 Å². The lowest BCUT2D eigenvalue weighted by atomic mass is 10.0. The number of nitrogens with one attached hydrogen (secondary N) is 3. The normalized spacial score (nSPS) is 15.6. The van der Waals surface area contributed by atoms with Crippen molar-refractivity contribution in [1.82, 2.24) is 25.2 Å². The van der Waals surface area contributed by atoms with Crippen LogP contribution in [0.4, 0.5) is 5.95 Å². The van der Waals surface area contributed by atoms with Crippen LogP contribution in [0.1, 0.15) is 44.7 Å². The van der Waals surface area contributed by atoms with Gasteiger partial charge in [-0.2, -0.15) is 4.98 Å². The SMILES string of the molecule is COC(C)NC(C)c1ccc(-c2cc3cnc(NC4CCOCC4)nc3n(CC(=O)NCCCN)c2=O)c(Cl)c1. The van der Waals surface area contributed by atoms with Gasteiger partial charge in [0.2, 0.25) is 11.9 Å². The van der Waals surface area contributed by atoms with E-state index < -0.39 is 0 Å². The Morgan fingerprint density at radius 2 is 2.02 bits per heavy atom. The average molecular weight is 572 g/mol. The van der Waals surface area contributed by atoms with E-state index in [1.165, 1.54) is 4.57 Å². The molecule has 1 aliphatic heterocycles. The molecule has 1 saturated heterocycles. The van der Waals surface area contributed by atoms with Crippen molar-refractivity contribution in [1.29, 1.82) is 0 Å². The summed E-state index contributed by atoms with van der Waals surface area (Å²) in [5.41, 5.74) is 7.42. The van der Waals surface area contributed by atoms with Gasteiger partial charge in [-0.15, -0.1) is 0 Å². The monoisotopic (exact) mass is 571 g/mol. The minimum atomic E-state index is -0.369. The number of methoxy groups -OCH3 is 1. The highest BCUT2D eigenvalue weighted by molar-refractivity contribution is 6.33. The maximum atomic E-state index is 13.9. The standard InChI is InChI=1S/C28H38ClN7O4/c1-17(33-18(2)39-3)19-5-6-22(24(29)14-19)23-13-20-15-32-28(34-21-7-11-40-12-8-21)35-26(20)36(27(23)38)16-25(37)31-10-4-9-30/h5-6,13-15,17-18,21,33H,4,7-12,16,30H2,1-3H3,(H,31,37)(H,32,34,35). The number of nitrogens with zero attached hydrogens (tertiary/aromatic N) is 3. The minimum absolute atomic E-state index is 0.0259. The molecule has 2 atom stereocenters. The molecule has 2 unspecified atom stereocenters. The van der Waals surface area contributed by atoms with Gasteiger partial charge >= 0.3 is 0 Å². The van der Waals surface area contributed by atoms with Gasteiger partial charge in [-0.1, -0.05) is 23.7 Å². The first-order chi connectivity index (χ1) is 19.3. The molecule has 216 valence electrons. The lowest BCUT2D eigenvalue weighted by Crippen LogP contribution is -2.34. The second-order valence-corrected chi connectivity index (χ2v) is 10.4. The summed E-state index contributed by atoms with van der Waals surface area (Å²) in [6.07, 6.45) is 3.84. The number of rotatable bonds is 12. The Hall–Kier alpha value is -3.09. The van der Waals surface area contributed by atoms with Crippen LogP contribution < -0.4 is 27.2 Å². The Labute approximate surface area is 238 Å². The van der Waals surface area contributed by atoms with E-state index in [1.54, 1.807) is 19.4 Å². The minimum Gasteiger partial charge on any atom is -0.381 e. The summed E-state index contributed by atoms with van der Waals surface area (Å²) in [7, 11) is 1.64. The third kappa shape index (κ3) is 7.35. The van der Waals surface area contributed by atoms with Crippen LogP contribution in [0.15, 0.2) is 35.3 Å². The predicted octanol–water partition coefficient (Wildman–Crippen LogP) is 2.81. The molecule has 40 heavy (non-hydrogen) atoms. The molecule has 5 N–H and O–H groups in total. The van der Waals surface area contributed by atoms with Crippen LogP contribution in [0.25, 0.3) is 22.2 Å². The van der Waals surface area contributed by atoms with Crippen molar-refractivity contribution < 1.29 is 14.3 Å². The number of anilines is 1. The lowest BCUT2D eigenvalue weighted by molar-refractivity contribution is -0.121. The quantitative estimate of drug-likeness (QED) is 0.190. The second kappa shape index (κ2) is 14.0. The van der Waals surface area contributed by atoms with Crippen LogP contribution in [0, 0.1) is 0 Å². The van der Waals surface area contributed by atoms with Crippen molar-refractivity contribution in [3.63, 3.8) is 0 Å². The van der Waals surface area contributed by atoms with Gasteiger partial charge in [0.1, 0.15) is 18.4 Å². The molecule has 0 saturated carbocycles. The number of halogens is 1. The zero-order chi connectivity index (χ0) is 28.6. The molecule has 0 bridgehead atoms. The van der Waals surface area contributed by atoms with E-state index in [9.17, 15) is 9.59 Å². The van der Waals surface area contributed by atoms with Crippen molar-refractivity contribution in [2.45, 2.75) is 58.0 Å². The maximum Gasteiger partial charge on any atom is 0.260 e. The van der Waals surface area contributed by atoms with Crippen molar-refractivity contribution in [2.75, 3.05) is 38.7 Å². The topological polar surface area (TPSA) is 145 Å². The van der Waals surface area contributed by atoms with Crippen LogP contribution in [0.2, 0.25) is 5.02 Å². The van der Waals surface area contributed by atoms with Gasteiger partial charge in [0.05, 0.1) is 0 Å². The molecule has 4 rings (SSSR count). The fourth-order valence-electron chi connectivity index (χ4n) is 4.66. The van der Waals surface area contributed by atoms with Crippen molar-refractivity contribution >= 4 is 34.5 Å². The summed E-state index contributed by atoms with van der Waals surface area (Å²) in [6, 6.07) is 7.46. The van der Waals surface area contributed by atoms with E-state index in [0.29, 0.717) is 65.9 Å². The van der Waals surface area contributed by atoms with E-state index in [2.05, 4.69) is 25.9 Å². The molecule has 11 nitrogen and oxygen atoms in total. The highest BCUT2D eigenvalue weighted by atomic mass is 35.5. The Balaban J connectivity index is 1.73. The first-order valence-corrected chi connectivity index (χ1v) is 14.0. The Morgan fingerprint density at radius 1 is 1.25 bits per heavy atom. The number of nitrogens with two attached hydrogens (primary N) is 1. The second-order valence-electron chi connectivity index (χ2n) is 9.95. The van der Waals surface area contributed by atoms with Gasteiger partial charge in [0.15, 0.2) is 0 Å². The zero-order valence-electron chi connectivity index (χ0n) is 23.2. The van der Waals surface area contributed by atoms with Crippen LogP contribution >= 0.6 is 11.6 Å². The smallest absolute Gasteiger partial charge is 0.260 e. The van der Waals surface area contributed by atoms with Crippen LogP contribution in [0.3, 0.4) is 0 Å². The molecule has 12 heteroatoms. The molecule has 1 amide bonds. The Kier molecular flexibility index (Phi) is 10.5. The van der Waals surface area contributed by atoms with Crippen LogP contribution in [0.5, 0.6) is 0 Å². The van der Waals surface area contributed by atoms with E-state index in [0.717, 1.165) is 18.4 Å². The number of pyridine rings is 1. The summed E-state index contributed by atoms with van der Waals surface area (Å²) in [6.45, 7) is 5.95. The third-order valence-electron chi connectivity index (χ3n) is 7.01. The molecular weight excluding hydrogens is 534 g/mol. The number of ether oxygens (including phenoxy) is 2. The molecule has 0 aliphatic carbocycles. The number of carbonyl (C=O) groups excluding carboxylic acids is 1. The van der Waals surface area contributed by atoms with Gasteiger partial charge < -0.3 is 25.8 Å². The molecule has 1 fully saturated rings. The third-order valence-corrected chi connectivity index (χ3v) is 7.32. The molecular formula is C28H38ClN7O4. The molecule has 1 aliphatic rings. The number of amides is 1. The molecule has 0 radical (unpaired) electrons. The largest absolute Gasteiger partial charge is 0.381 e. The highest BCUT2D eigenvalue weighted by Gasteiger charge is 2.20. The summed E-state index contributed by atoms with van der Waals surface area (Å²) >= 11 is 6.73. The fourth-order valence-corrected chi connectivity index (χ4v) is 4.95. The number of fused-ring (bicyclic) bond motifs is 1. The highest BCUT2D eigenvalue weighted by Crippen LogP contribution is 2.30. The molecule has 2 aromatic heterocycles. The van der Waals surface area contributed by atoms with Gasteiger partial charge in [-0.05, 0) is 57.4 Å². The number of aromatic nitrogens is 3. The number of hydrogen-bond acceptors (Lipinski definition) is 9. The van der Waals surface area contributed by atoms with Crippen LogP contribution in [-0.2, 0) is 20.8 Å². The molecule has 1 aromatic carbocycles. The molecule has 3 heterocycles. The van der Waals surface area contributed by atoms with E-state index >= 15 is 0 Å². The van der Waals surface area contributed by atoms with E-state index in [-0.39, 0.29) is 36.3 Å². The summed E-state index contributed by atoms with van der Waals surface area (Å²) in [5, 5.41) is 10.5. The number of carbonyl (C=O) groups is 1. The Morgan fingerprint density at radius 3 is 2.73 bits per heavy atom. The van der Waals surface area contributed by atoms with Crippen molar-refractivity contribution in [3.8, 4) is 11.1 Å². The van der Waals surface area contributed by atoms with Gasteiger partial charge in [-0.3, -0.25) is 19.5 Å². The summed E-state index contributed by atoms with van der Waals surface area (Å²) < 4.78 is 12.1. The zero-order valence-corrected chi connectivity index (χ0v) is 24.0. The van der Waals surface area contributed by atoms with Gasteiger partial charge in [-0.25, -0.2) is 4.98 Å². The lowest BCUT2D eigenvalue weighted by Gasteiger charge is -2.23. The van der Waals surface area contributed by atoms with Crippen LogP contribution in [-0.4, -0.2) is 66.1 Å². The first kappa shape index (κ1) is 29.9. The fraction of sp³-hybridized carbons (Fsp3) is 0.500. The first-order valence-electron chi connectivity index (χ1n) is 13.6. The number of hydrogen-bond donors (Lipinski definition) is 4. The molecule has 0 spiro atoms. The van der Waals surface area contributed by atoms with E-state index in [4.69, 9.17) is 26.8 Å². The van der Waals surface area contributed by atoms with Gasteiger partial charge in [0, 0.05) is 66.7 Å². The summed E-state index contributed by atoms with van der Waals surface area (Å²) in [5.74, 6) is 0.0955. The summed E-state index contributed by atoms with van der Waals surface area (Å²) in [4.78, 5) is 35.8. The predicted molar refractivity (Wildman–Crippen MR) is 156 cm³/mol. The van der Waals surface area contributed by atoms with E-state index in [1.807, 2.05) is 32.0 Å². The Bertz CT molecular complexity index is 1380. The average Bonchev–Trinajstić information content (AvgIpc) is 2.95. The van der Waals surface area contributed by atoms with Gasteiger partial charge in [0.25, 0.3) is 5.56 Å². The van der Waals surface area contributed by atoms with Crippen molar-refractivity contribution in [2.24, 2.45) is 5.73 Å². The molecule has 3 aromatic rings.